The molecule has 1 N–H and O–H groups in total. The number of ether oxygens (including phenoxy) is 1. The number of benzene rings is 1. The highest BCUT2D eigenvalue weighted by atomic mass is 19.4. The smallest absolute Gasteiger partial charge is 0.406 e. The van der Waals surface area contributed by atoms with Gasteiger partial charge in [0.2, 0.25) is 0 Å². The topological polar surface area (TPSA) is 74.3 Å². The monoisotopic (exact) mass is 501 g/mol. The largest absolute Gasteiger partial charge is 0.573 e. The maximum atomic E-state index is 12.9. The molecule has 0 bridgehead atoms. The molecule has 0 radical (unpaired) electrons. The molecule has 10 heteroatoms. The first-order chi connectivity index (χ1) is 17.2. The first-order valence-corrected chi connectivity index (χ1v) is 13.0. The van der Waals surface area contributed by atoms with E-state index in [2.05, 4.69) is 14.9 Å². The Morgan fingerprint density at radius 2 is 1.58 bits per heavy atom. The number of nitrogens with zero attached hydrogens (tertiary/aromatic N) is 4. The van der Waals surface area contributed by atoms with Crippen LogP contribution < -0.4 is 4.74 Å². The number of H-pyrrole nitrogens is 1. The molecule has 2 amide bonds. The highest BCUT2D eigenvalue weighted by Gasteiger charge is 2.58. The molecule has 0 atom stereocenters. The lowest BCUT2D eigenvalue weighted by molar-refractivity contribution is -0.274. The SMILES string of the molecule is O=C(N1CC2(CC(Cc3ccc(OC(F)(F)F)cc3)C2)C1)N1CC2(CC(c3n[nH]c(C4CC4)n3)C2)C1. The molecule has 2 aromatic rings. The minimum absolute atomic E-state index is 0.173. The summed E-state index contributed by atoms with van der Waals surface area (Å²) in [5, 5.41) is 7.54. The molecule has 3 heterocycles. The van der Waals surface area contributed by atoms with Gasteiger partial charge in [-0.2, -0.15) is 5.10 Å². The van der Waals surface area contributed by atoms with Crippen LogP contribution in [-0.4, -0.2) is 63.6 Å². The fraction of sp³-hybridized carbons (Fsp3) is 0.654. The quantitative estimate of drug-likeness (QED) is 0.637. The number of carbonyl (C=O) groups is 1. The lowest BCUT2D eigenvalue weighted by atomic mass is 9.56. The predicted octanol–water partition coefficient (Wildman–Crippen LogP) is 4.83. The summed E-state index contributed by atoms with van der Waals surface area (Å²) in [6, 6.07) is 6.35. The van der Waals surface area contributed by atoms with Crippen LogP contribution in [0.1, 0.15) is 67.6 Å². The normalized spacial score (nSPS) is 24.8. The Balaban J connectivity index is 0.828. The Bertz CT molecular complexity index is 1150. The fourth-order valence-electron chi connectivity index (χ4n) is 7.16. The molecular weight excluding hydrogens is 471 g/mol. The molecule has 3 saturated carbocycles. The number of nitrogens with one attached hydrogen (secondary N) is 1. The molecule has 0 unspecified atom stereocenters. The van der Waals surface area contributed by atoms with Crippen LogP contribution >= 0.6 is 0 Å². The van der Waals surface area contributed by atoms with Gasteiger partial charge in [-0.1, -0.05) is 12.1 Å². The summed E-state index contributed by atoms with van der Waals surface area (Å²) in [5.74, 6) is 3.37. The average molecular weight is 502 g/mol. The second-order valence-electron chi connectivity index (χ2n) is 12.1. The predicted molar refractivity (Wildman–Crippen MR) is 123 cm³/mol. The van der Waals surface area contributed by atoms with Crippen molar-refractivity contribution in [1.29, 1.82) is 0 Å². The van der Waals surface area contributed by atoms with E-state index in [4.69, 9.17) is 4.98 Å². The summed E-state index contributed by atoms with van der Waals surface area (Å²) in [5.41, 5.74) is 1.54. The second-order valence-corrected chi connectivity index (χ2v) is 12.1. The van der Waals surface area contributed by atoms with Gasteiger partial charge in [0.25, 0.3) is 0 Å². The number of aromatic nitrogens is 3. The maximum Gasteiger partial charge on any atom is 0.573 e. The van der Waals surface area contributed by atoms with Crippen molar-refractivity contribution in [2.75, 3.05) is 26.2 Å². The van der Waals surface area contributed by atoms with Gasteiger partial charge in [0, 0.05) is 48.8 Å². The van der Waals surface area contributed by atoms with E-state index in [9.17, 15) is 18.0 Å². The van der Waals surface area contributed by atoms with Crippen molar-refractivity contribution >= 4 is 6.03 Å². The molecule has 192 valence electrons. The molecule has 1 aromatic heterocycles. The van der Waals surface area contributed by atoms with E-state index < -0.39 is 6.36 Å². The number of halogens is 3. The summed E-state index contributed by atoms with van der Waals surface area (Å²) < 4.78 is 40.9. The Morgan fingerprint density at radius 3 is 2.17 bits per heavy atom. The van der Waals surface area contributed by atoms with Crippen LogP contribution in [0, 0.1) is 16.7 Å². The summed E-state index contributed by atoms with van der Waals surface area (Å²) in [7, 11) is 0. The van der Waals surface area contributed by atoms with E-state index in [-0.39, 0.29) is 22.6 Å². The van der Waals surface area contributed by atoms with Crippen LogP contribution in [0.2, 0.25) is 0 Å². The van der Waals surface area contributed by atoms with Crippen LogP contribution in [0.15, 0.2) is 24.3 Å². The Kier molecular flexibility index (Phi) is 4.74. The number of rotatable bonds is 5. The lowest BCUT2D eigenvalue weighted by Gasteiger charge is -2.63. The molecular formula is C26H30F3N5O2. The summed E-state index contributed by atoms with van der Waals surface area (Å²) in [4.78, 5) is 21.6. The number of urea groups is 1. The van der Waals surface area contributed by atoms with Crippen molar-refractivity contribution in [1.82, 2.24) is 25.0 Å². The van der Waals surface area contributed by atoms with E-state index in [1.165, 1.54) is 25.0 Å². The first kappa shape index (κ1) is 22.4. The van der Waals surface area contributed by atoms with Crippen LogP contribution in [0.4, 0.5) is 18.0 Å². The van der Waals surface area contributed by atoms with Crippen molar-refractivity contribution < 1.29 is 22.7 Å². The van der Waals surface area contributed by atoms with E-state index in [1.54, 1.807) is 12.1 Å². The molecule has 1 aromatic carbocycles. The Morgan fingerprint density at radius 1 is 0.972 bits per heavy atom. The van der Waals surface area contributed by atoms with Crippen LogP contribution in [-0.2, 0) is 6.42 Å². The number of likely N-dealkylation sites (tertiary alicyclic amines) is 2. The van der Waals surface area contributed by atoms with Gasteiger partial charge in [0.05, 0.1) is 0 Å². The number of amides is 2. The standard InChI is InChI=1S/C26H30F3N5O2/c27-26(28,29)36-20-5-1-16(2-6-20)7-17-8-24(9-17)12-33(13-24)23(35)34-14-25(15-34)10-19(11-25)22-30-21(31-32-22)18-3-4-18/h1-2,5-6,17-19H,3-4,7-15H2,(H,30,31,32). The number of hydrogen-bond acceptors (Lipinski definition) is 4. The van der Waals surface area contributed by atoms with Gasteiger partial charge in [-0.05, 0) is 68.6 Å². The number of hydrogen-bond donors (Lipinski definition) is 1. The highest BCUT2D eigenvalue weighted by molar-refractivity contribution is 5.77. The second kappa shape index (κ2) is 7.61. The average Bonchev–Trinajstić information content (AvgIpc) is 3.44. The molecule has 7 rings (SSSR count). The van der Waals surface area contributed by atoms with Crippen molar-refractivity contribution in [3.05, 3.63) is 41.5 Å². The van der Waals surface area contributed by atoms with E-state index in [0.29, 0.717) is 17.8 Å². The molecule has 2 spiro atoms. The minimum Gasteiger partial charge on any atom is -0.406 e. The first-order valence-electron chi connectivity index (χ1n) is 13.0. The molecule has 7 nitrogen and oxygen atoms in total. The summed E-state index contributed by atoms with van der Waals surface area (Å²) in [6.07, 6.45) is 2.93. The zero-order valence-electron chi connectivity index (χ0n) is 20.1. The lowest BCUT2D eigenvalue weighted by Crippen LogP contribution is -2.70. The van der Waals surface area contributed by atoms with Gasteiger partial charge >= 0.3 is 12.4 Å². The zero-order chi connectivity index (χ0) is 24.7. The van der Waals surface area contributed by atoms with Gasteiger partial charge in [0.1, 0.15) is 11.6 Å². The number of alkyl halides is 3. The summed E-state index contributed by atoms with van der Waals surface area (Å²) >= 11 is 0. The third kappa shape index (κ3) is 4.02. The number of carbonyl (C=O) groups excluding carboxylic acids is 1. The van der Waals surface area contributed by atoms with Crippen molar-refractivity contribution in [3.8, 4) is 5.75 Å². The van der Waals surface area contributed by atoms with Gasteiger partial charge in [-0.15, -0.1) is 13.2 Å². The van der Waals surface area contributed by atoms with Gasteiger partial charge < -0.3 is 14.5 Å². The van der Waals surface area contributed by atoms with Crippen LogP contribution in [0.5, 0.6) is 5.75 Å². The van der Waals surface area contributed by atoms with E-state index >= 15 is 0 Å². The van der Waals surface area contributed by atoms with Crippen LogP contribution in [0.3, 0.4) is 0 Å². The maximum absolute atomic E-state index is 12.9. The molecule has 5 fully saturated rings. The summed E-state index contributed by atoms with van der Waals surface area (Å²) in [6.45, 7) is 3.35. The minimum atomic E-state index is -4.66. The fourth-order valence-corrected chi connectivity index (χ4v) is 7.16. The third-order valence-corrected chi connectivity index (χ3v) is 8.98. The molecule has 5 aliphatic rings. The molecule has 3 aliphatic carbocycles. The molecule has 36 heavy (non-hydrogen) atoms. The van der Waals surface area contributed by atoms with Gasteiger partial charge in [-0.3, -0.25) is 5.10 Å². The van der Waals surface area contributed by atoms with Crippen molar-refractivity contribution in [2.45, 2.75) is 63.1 Å². The van der Waals surface area contributed by atoms with Gasteiger partial charge in [-0.25, -0.2) is 9.78 Å². The van der Waals surface area contributed by atoms with E-state index in [0.717, 1.165) is 75.5 Å². The Labute approximate surface area is 207 Å². The highest BCUT2D eigenvalue weighted by Crippen LogP contribution is 2.57. The van der Waals surface area contributed by atoms with Gasteiger partial charge in [0.15, 0.2) is 5.82 Å². The van der Waals surface area contributed by atoms with Crippen LogP contribution in [0.25, 0.3) is 0 Å². The molecule has 2 saturated heterocycles. The van der Waals surface area contributed by atoms with E-state index in [1.807, 2.05) is 9.80 Å². The number of aromatic amines is 1. The van der Waals surface area contributed by atoms with Crippen molar-refractivity contribution in [3.63, 3.8) is 0 Å². The third-order valence-electron chi connectivity index (χ3n) is 8.98. The zero-order valence-corrected chi connectivity index (χ0v) is 20.1. The Hall–Kier alpha value is -2.78. The van der Waals surface area contributed by atoms with Crippen molar-refractivity contribution in [2.24, 2.45) is 16.7 Å². The molecule has 2 aliphatic heterocycles.